The molecule has 0 atom stereocenters. The number of nitrogens with one attached hydrogen (secondary N) is 1. The zero-order valence-corrected chi connectivity index (χ0v) is 16.3. The highest BCUT2D eigenvalue weighted by atomic mass is 19.1. The quantitative estimate of drug-likeness (QED) is 0.717. The Hall–Kier alpha value is -2.80. The van der Waals surface area contributed by atoms with Crippen molar-refractivity contribution < 1.29 is 18.3 Å². The first-order valence-electron chi connectivity index (χ1n) is 9.72. The molecule has 1 aromatic heterocycles. The fourth-order valence-electron chi connectivity index (χ4n) is 4.06. The molecule has 1 fully saturated rings. The van der Waals surface area contributed by atoms with Gasteiger partial charge >= 0.3 is 0 Å². The summed E-state index contributed by atoms with van der Waals surface area (Å²) in [6, 6.07) is 10.7. The van der Waals surface area contributed by atoms with Gasteiger partial charge in [-0.15, -0.1) is 0 Å². The number of aromatic nitrogens is 2. The Bertz CT molecular complexity index is 1040. The van der Waals surface area contributed by atoms with Crippen molar-refractivity contribution in [2.75, 3.05) is 19.8 Å². The lowest BCUT2D eigenvalue weighted by Crippen LogP contribution is -2.48. The fraction of sp³-hybridized carbons (Fsp3) is 0.364. The maximum Gasteiger partial charge on any atom is 0.230 e. The Morgan fingerprint density at radius 1 is 1.17 bits per heavy atom. The zero-order chi connectivity index (χ0) is 20.4. The van der Waals surface area contributed by atoms with E-state index in [9.17, 15) is 13.6 Å². The summed E-state index contributed by atoms with van der Waals surface area (Å²) < 4.78 is 34.6. The molecule has 4 rings (SSSR count). The summed E-state index contributed by atoms with van der Waals surface area (Å²) in [4.78, 5) is 17.6. The molecule has 1 amide bonds. The second kappa shape index (κ2) is 7.91. The third kappa shape index (κ3) is 3.74. The van der Waals surface area contributed by atoms with Crippen LogP contribution >= 0.6 is 0 Å². The molecule has 1 N–H and O–H groups in total. The third-order valence-corrected chi connectivity index (χ3v) is 5.73. The number of hydrogen-bond acceptors (Lipinski definition) is 3. The minimum atomic E-state index is -0.796. The molecule has 5 nitrogen and oxygen atoms in total. The van der Waals surface area contributed by atoms with E-state index < -0.39 is 5.41 Å². The lowest BCUT2D eigenvalue weighted by Gasteiger charge is -2.36. The molecule has 0 saturated carbocycles. The van der Waals surface area contributed by atoms with Gasteiger partial charge in [0.05, 0.1) is 16.4 Å². The van der Waals surface area contributed by atoms with Crippen molar-refractivity contribution in [3.8, 4) is 0 Å². The van der Waals surface area contributed by atoms with Crippen LogP contribution in [-0.4, -0.2) is 35.2 Å². The molecule has 1 saturated heterocycles. The van der Waals surface area contributed by atoms with E-state index in [0.717, 1.165) is 11.3 Å². The van der Waals surface area contributed by atoms with E-state index >= 15 is 0 Å². The first-order valence-corrected chi connectivity index (χ1v) is 9.72. The third-order valence-electron chi connectivity index (χ3n) is 5.73. The molecule has 29 heavy (non-hydrogen) atoms. The number of carbonyl (C=O) groups is 1. The van der Waals surface area contributed by atoms with E-state index in [-0.39, 0.29) is 17.5 Å². The first kappa shape index (κ1) is 19.5. The van der Waals surface area contributed by atoms with Crippen LogP contribution in [0.5, 0.6) is 0 Å². The van der Waals surface area contributed by atoms with Crippen LogP contribution in [0, 0.1) is 11.6 Å². The van der Waals surface area contributed by atoms with Gasteiger partial charge in [-0.05, 0) is 42.7 Å². The van der Waals surface area contributed by atoms with E-state index in [1.165, 1.54) is 24.3 Å². The topological polar surface area (TPSA) is 56.2 Å². The van der Waals surface area contributed by atoms with Gasteiger partial charge in [-0.3, -0.25) is 4.79 Å². The van der Waals surface area contributed by atoms with E-state index in [1.807, 2.05) is 11.6 Å². The highest BCUT2D eigenvalue weighted by Gasteiger charge is 2.41. The molecule has 1 aliphatic heterocycles. The molecule has 0 unspecified atom stereocenters. The zero-order valence-electron chi connectivity index (χ0n) is 16.3. The van der Waals surface area contributed by atoms with E-state index in [4.69, 9.17) is 4.74 Å². The van der Waals surface area contributed by atoms with E-state index in [0.29, 0.717) is 50.1 Å². The number of halogens is 2. The second-order valence-corrected chi connectivity index (χ2v) is 7.43. The number of fused-ring (bicyclic) bond motifs is 1. The summed E-state index contributed by atoms with van der Waals surface area (Å²) >= 11 is 0. The number of hydrogen-bond donors (Lipinski definition) is 1. The molecule has 0 bridgehead atoms. The van der Waals surface area contributed by atoms with Gasteiger partial charge in [0, 0.05) is 39.3 Å². The Labute approximate surface area is 167 Å². The Balaban J connectivity index is 1.50. The van der Waals surface area contributed by atoms with Crippen LogP contribution in [0.25, 0.3) is 11.0 Å². The van der Waals surface area contributed by atoms with Gasteiger partial charge in [-0.25, -0.2) is 13.8 Å². The van der Waals surface area contributed by atoms with Crippen LogP contribution < -0.4 is 5.32 Å². The number of carbonyl (C=O) groups excluding carboxylic acids is 1. The van der Waals surface area contributed by atoms with Crippen molar-refractivity contribution >= 4 is 16.9 Å². The van der Waals surface area contributed by atoms with E-state index in [1.54, 1.807) is 18.2 Å². The highest BCUT2D eigenvalue weighted by molar-refractivity contribution is 5.88. The fourth-order valence-corrected chi connectivity index (χ4v) is 4.06. The van der Waals surface area contributed by atoms with Gasteiger partial charge in [-0.1, -0.05) is 12.1 Å². The van der Waals surface area contributed by atoms with Crippen LogP contribution in [0.3, 0.4) is 0 Å². The monoisotopic (exact) mass is 399 g/mol. The van der Waals surface area contributed by atoms with Crippen molar-refractivity contribution in [2.24, 2.45) is 7.05 Å². The number of benzene rings is 2. The summed E-state index contributed by atoms with van der Waals surface area (Å²) in [6.07, 6.45) is 1.52. The Kier molecular flexibility index (Phi) is 5.32. The Morgan fingerprint density at radius 3 is 2.69 bits per heavy atom. The van der Waals surface area contributed by atoms with Crippen molar-refractivity contribution in [3.05, 3.63) is 65.5 Å². The second-order valence-electron chi connectivity index (χ2n) is 7.43. The summed E-state index contributed by atoms with van der Waals surface area (Å²) in [5.74, 6) is -0.0472. The normalized spacial score (nSPS) is 16.1. The maximum atomic E-state index is 13.8. The van der Waals surface area contributed by atoms with Crippen molar-refractivity contribution in [3.63, 3.8) is 0 Å². The first-order chi connectivity index (χ1) is 14.0. The summed E-state index contributed by atoms with van der Waals surface area (Å²) in [6.45, 7) is 1.30. The standard InChI is InChI=1S/C22H23F2N3O2/c1-27-19-6-5-17(24)14-18(19)26-20(27)7-10-25-21(28)22(8-11-29-12-9-22)15-3-2-4-16(23)13-15/h2-6,13-14H,7-12H2,1H3,(H,25,28). The summed E-state index contributed by atoms with van der Waals surface area (Å²) in [7, 11) is 1.87. The van der Waals surface area contributed by atoms with Crippen molar-refractivity contribution in [1.29, 1.82) is 0 Å². The highest BCUT2D eigenvalue weighted by Crippen LogP contribution is 2.35. The lowest BCUT2D eigenvalue weighted by atomic mass is 9.73. The summed E-state index contributed by atoms with van der Waals surface area (Å²) in [5, 5.41) is 3.00. The van der Waals surface area contributed by atoms with Gasteiger partial charge in [0.15, 0.2) is 0 Å². The molecule has 0 aliphatic carbocycles. The molecule has 3 aromatic rings. The molecule has 2 heterocycles. The average molecular weight is 399 g/mol. The molecule has 1 aliphatic rings. The average Bonchev–Trinajstić information content (AvgIpc) is 3.03. The van der Waals surface area contributed by atoms with Gasteiger partial charge in [0.1, 0.15) is 17.5 Å². The molecule has 7 heteroatoms. The number of nitrogens with zero attached hydrogens (tertiary/aromatic N) is 2. The van der Waals surface area contributed by atoms with Crippen LogP contribution in [0.2, 0.25) is 0 Å². The predicted octanol–water partition coefficient (Wildman–Crippen LogP) is 3.26. The number of rotatable bonds is 5. The maximum absolute atomic E-state index is 13.8. The van der Waals surface area contributed by atoms with Crippen LogP contribution in [0.1, 0.15) is 24.2 Å². The molecular formula is C22H23F2N3O2. The minimum Gasteiger partial charge on any atom is -0.381 e. The van der Waals surface area contributed by atoms with Crippen LogP contribution in [0.15, 0.2) is 42.5 Å². The van der Waals surface area contributed by atoms with Crippen LogP contribution in [0.4, 0.5) is 8.78 Å². The van der Waals surface area contributed by atoms with E-state index in [2.05, 4.69) is 10.3 Å². The summed E-state index contributed by atoms with van der Waals surface area (Å²) in [5.41, 5.74) is 1.31. The predicted molar refractivity (Wildman–Crippen MR) is 106 cm³/mol. The lowest BCUT2D eigenvalue weighted by molar-refractivity contribution is -0.130. The number of imidazole rings is 1. The number of ether oxygens (including phenoxy) is 1. The van der Waals surface area contributed by atoms with Gasteiger partial charge in [0.25, 0.3) is 0 Å². The Morgan fingerprint density at radius 2 is 1.93 bits per heavy atom. The minimum absolute atomic E-state index is 0.129. The molecule has 2 aromatic carbocycles. The number of aryl methyl sites for hydroxylation is 1. The van der Waals surface area contributed by atoms with Gasteiger partial charge in [0.2, 0.25) is 5.91 Å². The van der Waals surface area contributed by atoms with Crippen molar-refractivity contribution in [2.45, 2.75) is 24.7 Å². The molecule has 0 spiro atoms. The molecular weight excluding hydrogens is 376 g/mol. The molecule has 152 valence electrons. The van der Waals surface area contributed by atoms with Crippen molar-refractivity contribution in [1.82, 2.24) is 14.9 Å². The van der Waals surface area contributed by atoms with Crippen LogP contribution in [-0.2, 0) is 28.4 Å². The largest absolute Gasteiger partial charge is 0.381 e. The smallest absolute Gasteiger partial charge is 0.230 e. The number of amides is 1. The van der Waals surface area contributed by atoms with Gasteiger partial charge < -0.3 is 14.6 Å². The molecule has 0 radical (unpaired) electrons. The van der Waals surface area contributed by atoms with Gasteiger partial charge in [-0.2, -0.15) is 0 Å². The SMILES string of the molecule is Cn1c(CCNC(=O)C2(c3cccc(F)c3)CCOCC2)nc2cc(F)ccc21.